The van der Waals surface area contributed by atoms with Crippen LogP contribution in [0.2, 0.25) is 0 Å². The van der Waals surface area contributed by atoms with Crippen LogP contribution in [0.5, 0.6) is 0 Å². The van der Waals surface area contributed by atoms with E-state index in [4.69, 9.17) is 0 Å². The summed E-state index contributed by atoms with van der Waals surface area (Å²) in [4.78, 5) is 4.90. The molecule has 218 valence electrons. The summed E-state index contributed by atoms with van der Waals surface area (Å²) in [6, 6.07) is 57.1. The molecule has 0 bridgehead atoms. The minimum absolute atomic E-state index is 0.0535. The number of para-hydroxylation sites is 3. The van der Waals surface area contributed by atoms with Crippen LogP contribution in [0.4, 0.5) is 28.4 Å². The van der Waals surface area contributed by atoms with Crippen molar-refractivity contribution in [3.63, 3.8) is 0 Å². The fraction of sp³-hybridized carbons (Fsp3) is 0.0455. The van der Waals surface area contributed by atoms with Crippen molar-refractivity contribution in [3.05, 3.63) is 187 Å². The zero-order chi connectivity index (χ0) is 30.5. The van der Waals surface area contributed by atoms with Crippen LogP contribution in [0.3, 0.4) is 0 Å². The van der Waals surface area contributed by atoms with Crippen LogP contribution < -0.4 is 9.80 Å². The van der Waals surface area contributed by atoms with E-state index in [0.717, 1.165) is 17.8 Å². The average Bonchev–Trinajstić information content (AvgIpc) is 3.13. The number of nitrogens with zero attached hydrogens (tertiary/aromatic N) is 2. The molecule has 2 aliphatic carbocycles. The molecule has 7 aromatic carbocycles. The van der Waals surface area contributed by atoms with E-state index in [-0.39, 0.29) is 6.04 Å². The van der Waals surface area contributed by atoms with Crippen LogP contribution in [0, 0.1) is 0 Å². The van der Waals surface area contributed by atoms with Crippen molar-refractivity contribution in [1.29, 1.82) is 0 Å². The summed E-state index contributed by atoms with van der Waals surface area (Å²) >= 11 is 0. The lowest BCUT2D eigenvalue weighted by molar-refractivity contribution is 0.951. The third-order valence-corrected chi connectivity index (χ3v) is 9.48. The Morgan fingerprint density at radius 3 is 1.89 bits per heavy atom. The van der Waals surface area contributed by atoms with E-state index in [2.05, 4.69) is 186 Å². The van der Waals surface area contributed by atoms with Gasteiger partial charge in [0.05, 0.1) is 11.7 Å². The fourth-order valence-corrected chi connectivity index (χ4v) is 7.41. The highest BCUT2D eigenvalue weighted by molar-refractivity contribution is 6.10. The molecule has 46 heavy (non-hydrogen) atoms. The number of fused-ring (bicyclic) bond motifs is 1. The molecule has 9 rings (SSSR count). The van der Waals surface area contributed by atoms with Crippen molar-refractivity contribution in [1.82, 2.24) is 0 Å². The first-order valence-electron chi connectivity index (χ1n) is 16.0. The number of anilines is 5. The molecule has 0 fully saturated rings. The quantitative estimate of drug-likeness (QED) is 0.191. The molecule has 0 saturated heterocycles. The summed E-state index contributed by atoms with van der Waals surface area (Å²) in [7, 11) is 0. The summed E-state index contributed by atoms with van der Waals surface area (Å²) in [5.74, 6) is 0. The molecule has 0 heterocycles. The van der Waals surface area contributed by atoms with E-state index in [0.29, 0.717) is 0 Å². The molecule has 0 spiro atoms. The normalized spacial score (nSPS) is 14.7. The van der Waals surface area contributed by atoms with Crippen LogP contribution in [0.25, 0.3) is 33.2 Å². The van der Waals surface area contributed by atoms with E-state index in [1.165, 1.54) is 60.9 Å². The maximum Gasteiger partial charge on any atom is 0.0782 e. The number of allylic oxidation sites excluding steroid dienone is 1. The Kier molecular flexibility index (Phi) is 6.31. The molecule has 0 saturated carbocycles. The largest absolute Gasteiger partial charge is 0.330 e. The monoisotopic (exact) mass is 588 g/mol. The summed E-state index contributed by atoms with van der Waals surface area (Å²) in [6.45, 7) is 0. The van der Waals surface area contributed by atoms with Gasteiger partial charge < -0.3 is 9.80 Å². The van der Waals surface area contributed by atoms with Gasteiger partial charge in [0.2, 0.25) is 0 Å². The molecule has 0 N–H and O–H groups in total. The number of hydrogen-bond acceptors (Lipinski definition) is 2. The van der Waals surface area contributed by atoms with Crippen LogP contribution >= 0.6 is 0 Å². The van der Waals surface area contributed by atoms with Crippen molar-refractivity contribution in [2.45, 2.75) is 12.5 Å². The molecule has 7 aromatic rings. The minimum Gasteiger partial charge on any atom is -0.330 e. The molecule has 2 nitrogen and oxygen atoms in total. The second-order valence-electron chi connectivity index (χ2n) is 12.1. The molecule has 0 amide bonds. The van der Waals surface area contributed by atoms with Gasteiger partial charge in [0.15, 0.2) is 0 Å². The summed E-state index contributed by atoms with van der Waals surface area (Å²) in [6.07, 6.45) is 8.10. The highest BCUT2D eigenvalue weighted by Crippen LogP contribution is 2.48. The zero-order valence-corrected chi connectivity index (χ0v) is 25.4. The smallest absolute Gasteiger partial charge is 0.0782 e. The third kappa shape index (κ3) is 4.34. The highest BCUT2D eigenvalue weighted by atomic mass is 15.2. The Hall–Kier alpha value is -5.86. The fourth-order valence-electron chi connectivity index (χ4n) is 7.41. The van der Waals surface area contributed by atoms with Crippen molar-refractivity contribution in [3.8, 4) is 0 Å². The summed E-state index contributed by atoms with van der Waals surface area (Å²) < 4.78 is 0. The van der Waals surface area contributed by atoms with E-state index in [9.17, 15) is 0 Å². The van der Waals surface area contributed by atoms with Gasteiger partial charge in [-0.1, -0.05) is 121 Å². The molecule has 2 heteroatoms. The second kappa shape index (κ2) is 10.9. The van der Waals surface area contributed by atoms with Crippen molar-refractivity contribution in [2.75, 3.05) is 9.80 Å². The standard InChI is InChI=1S/C44H32N2/c1-4-14-35(15-5-1)45(36-16-6-2-7-17-36)41-28-23-32-22-27-40-42(29-24-33-21-26-39(41)43(32)44(33)40)46(37-18-8-3-9-19-37)38-25-20-31-12-10-11-13-34(31)30-38/h1-21,23-30,42H,22H2. The predicted octanol–water partition coefficient (Wildman–Crippen LogP) is 11.6. The van der Waals surface area contributed by atoms with Crippen molar-refractivity contribution in [2.24, 2.45) is 0 Å². The molecule has 0 radical (unpaired) electrons. The molecular weight excluding hydrogens is 556 g/mol. The van der Waals surface area contributed by atoms with Gasteiger partial charge in [-0.05, 0) is 99.4 Å². The Balaban J connectivity index is 1.23. The topological polar surface area (TPSA) is 6.48 Å². The van der Waals surface area contributed by atoms with E-state index in [1.54, 1.807) is 0 Å². The Morgan fingerprint density at radius 2 is 1.17 bits per heavy atom. The van der Waals surface area contributed by atoms with Gasteiger partial charge >= 0.3 is 0 Å². The molecule has 0 aliphatic heterocycles. The Labute approximate surface area is 269 Å². The average molecular weight is 589 g/mol. The first-order valence-corrected chi connectivity index (χ1v) is 16.0. The molecule has 2 aliphatic rings. The summed E-state index contributed by atoms with van der Waals surface area (Å²) in [5.41, 5.74) is 11.3. The zero-order valence-electron chi connectivity index (χ0n) is 25.4. The number of rotatable bonds is 6. The molecule has 1 unspecified atom stereocenters. The Bertz CT molecular complexity index is 2250. The third-order valence-electron chi connectivity index (χ3n) is 9.48. The highest BCUT2D eigenvalue weighted by Gasteiger charge is 2.32. The SMILES string of the molecule is C1=CC(N(c2ccccc2)c2ccc3ccccc3c2)C2=CCc3ccc(N(c4ccccc4)c4ccccc4)c4ccc1c2c34. The lowest BCUT2D eigenvalue weighted by atomic mass is 9.78. The van der Waals surface area contributed by atoms with Crippen LogP contribution in [-0.2, 0) is 6.42 Å². The van der Waals surface area contributed by atoms with Gasteiger partial charge in [-0.2, -0.15) is 0 Å². The lowest BCUT2D eigenvalue weighted by Crippen LogP contribution is -2.33. The minimum atomic E-state index is 0.0535. The van der Waals surface area contributed by atoms with Crippen LogP contribution in [0.15, 0.2) is 170 Å². The van der Waals surface area contributed by atoms with Gasteiger partial charge in [-0.3, -0.25) is 0 Å². The van der Waals surface area contributed by atoms with Gasteiger partial charge in [-0.15, -0.1) is 0 Å². The van der Waals surface area contributed by atoms with Crippen molar-refractivity contribution >= 4 is 61.6 Å². The van der Waals surface area contributed by atoms with E-state index >= 15 is 0 Å². The lowest BCUT2D eigenvalue weighted by Gasteiger charge is -2.38. The predicted molar refractivity (Wildman–Crippen MR) is 196 cm³/mol. The first-order chi connectivity index (χ1) is 22.8. The first kappa shape index (κ1) is 26.5. The molecular formula is C44H32N2. The number of benzene rings is 7. The van der Waals surface area contributed by atoms with E-state index in [1.807, 2.05) is 0 Å². The Morgan fingerprint density at radius 1 is 0.522 bits per heavy atom. The van der Waals surface area contributed by atoms with Crippen LogP contribution in [-0.4, -0.2) is 6.04 Å². The van der Waals surface area contributed by atoms with Gasteiger partial charge in [0, 0.05) is 28.1 Å². The second-order valence-corrected chi connectivity index (χ2v) is 12.1. The molecule has 1 atom stereocenters. The summed E-state index contributed by atoms with van der Waals surface area (Å²) in [5, 5.41) is 5.15. The van der Waals surface area contributed by atoms with Gasteiger partial charge in [-0.25, -0.2) is 0 Å². The van der Waals surface area contributed by atoms with Crippen LogP contribution in [0.1, 0.15) is 16.7 Å². The van der Waals surface area contributed by atoms with Gasteiger partial charge in [0.25, 0.3) is 0 Å². The maximum atomic E-state index is 2.51. The molecule has 0 aromatic heterocycles. The van der Waals surface area contributed by atoms with Gasteiger partial charge in [0.1, 0.15) is 0 Å². The number of hydrogen-bond donors (Lipinski definition) is 0. The van der Waals surface area contributed by atoms with Crippen molar-refractivity contribution < 1.29 is 0 Å². The van der Waals surface area contributed by atoms with E-state index < -0.39 is 0 Å². The maximum absolute atomic E-state index is 2.51.